The van der Waals surface area contributed by atoms with Gasteiger partial charge in [-0.3, -0.25) is 4.90 Å². The van der Waals surface area contributed by atoms with Crippen molar-refractivity contribution < 1.29 is 0 Å². The molecule has 0 amide bonds. The maximum Gasteiger partial charge on any atom is 0.106 e. The molecule has 1 N–H and O–H groups in total. The summed E-state index contributed by atoms with van der Waals surface area (Å²) in [6.45, 7) is 8.20. The molecular formula is C13H20BrCl2N3. The van der Waals surface area contributed by atoms with Gasteiger partial charge >= 0.3 is 0 Å². The van der Waals surface area contributed by atoms with Crippen LogP contribution in [0.4, 0.5) is 0 Å². The van der Waals surface area contributed by atoms with E-state index in [1.54, 1.807) is 0 Å². The lowest BCUT2D eigenvalue weighted by molar-refractivity contribution is 0.174. The zero-order valence-electron chi connectivity index (χ0n) is 10.7. The minimum Gasteiger partial charge on any atom is -0.314 e. The molecule has 0 saturated carbocycles. The molecule has 2 heterocycles. The molecule has 1 saturated heterocycles. The second kappa shape index (κ2) is 9.72. The smallest absolute Gasteiger partial charge is 0.106 e. The van der Waals surface area contributed by atoms with E-state index in [0.717, 1.165) is 37.2 Å². The van der Waals surface area contributed by atoms with Crippen LogP contribution in [-0.4, -0.2) is 36.1 Å². The molecule has 0 radical (unpaired) electrons. The van der Waals surface area contributed by atoms with E-state index in [4.69, 9.17) is 0 Å². The van der Waals surface area contributed by atoms with E-state index in [2.05, 4.69) is 49.8 Å². The van der Waals surface area contributed by atoms with Crippen LogP contribution in [0.3, 0.4) is 0 Å². The van der Waals surface area contributed by atoms with Crippen LogP contribution in [0.5, 0.6) is 0 Å². The molecule has 2 rings (SSSR count). The van der Waals surface area contributed by atoms with Gasteiger partial charge in [0.2, 0.25) is 0 Å². The van der Waals surface area contributed by atoms with Gasteiger partial charge in [-0.2, -0.15) is 0 Å². The van der Waals surface area contributed by atoms with Crippen molar-refractivity contribution >= 4 is 40.7 Å². The number of aromatic nitrogens is 1. The topological polar surface area (TPSA) is 28.2 Å². The quantitative estimate of drug-likeness (QED) is 0.653. The van der Waals surface area contributed by atoms with E-state index >= 15 is 0 Å². The van der Waals surface area contributed by atoms with Gasteiger partial charge in [0, 0.05) is 38.4 Å². The molecule has 6 heteroatoms. The largest absolute Gasteiger partial charge is 0.314 e. The van der Waals surface area contributed by atoms with Gasteiger partial charge in [0.1, 0.15) is 4.60 Å². The molecule has 1 fully saturated rings. The molecule has 0 spiro atoms. The van der Waals surface area contributed by atoms with Crippen LogP contribution in [0.2, 0.25) is 0 Å². The highest BCUT2D eigenvalue weighted by atomic mass is 79.9. The van der Waals surface area contributed by atoms with Gasteiger partial charge in [0.15, 0.2) is 0 Å². The number of hydrogen-bond acceptors (Lipinski definition) is 3. The Morgan fingerprint density at radius 1 is 1.42 bits per heavy atom. The summed E-state index contributed by atoms with van der Waals surface area (Å²) in [5.74, 6) is 0. The monoisotopic (exact) mass is 367 g/mol. The first kappa shape index (κ1) is 18.9. The van der Waals surface area contributed by atoms with Crippen LogP contribution < -0.4 is 5.32 Å². The van der Waals surface area contributed by atoms with Crippen molar-refractivity contribution in [2.75, 3.05) is 26.2 Å². The predicted molar refractivity (Wildman–Crippen MR) is 88.4 cm³/mol. The van der Waals surface area contributed by atoms with Crippen molar-refractivity contribution in [3.63, 3.8) is 0 Å². The lowest BCUT2D eigenvalue weighted by Gasteiger charge is -2.34. The number of pyridine rings is 1. The minimum absolute atomic E-state index is 0. The molecule has 0 aliphatic carbocycles. The summed E-state index contributed by atoms with van der Waals surface area (Å²) in [6.07, 6.45) is 4.84. The van der Waals surface area contributed by atoms with Gasteiger partial charge in [0.05, 0.1) is 0 Å². The second-order valence-corrected chi connectivity index (χ2v) is 5.05. The Hall–Kier alpha value is -0.130. The Balaban J connectivity index is 0.00000162. The lowest BCUT2D eigenvalue weighted by Crippen LogP contribution is -2.45. The number of nitrogens with zero attached hydrogens (tertiary/aromatic N) is 2. The molecular weight excluding hydrogens is 349 g/mol. The summed E-state index contributed by atoms with van der Waals surface area (Å²) in [5, 5.41) is 3.39. The molecule has 3 nitrogen and oxygen atoms in total. The van der Waals surface area contributed by atoms with Crippen molar-refractivity contribution in [3.8, 4) is 0 Å². The van der Waals surface area contributed by atoms with E-state index < -0.39 is 0 Å². The van der Waals surface area contributed by atoms with Gasteiger partial charge in [-0.25, -0.2) is 4.98 Å². The van der Waals surface area contributed by atoms with Gasteiger partial charge in [-0.1, -0.05) is 6.08 Å². The predicted octanol–water partition coefficient (Wildman–Crippen LogP) is 3.21. The normalized spacial score (nSPS) is 16.9. The summed E-state index contributed by atoms with van der Waals surface area (Å²) in [4.78, 5) is 6.70. The highest BCUT2D eigenvalue weighted by Crippen LogP contribution is 2.26. The number of hydrogen-bond donors (Lipinski definition) is 1. The molecule has 0 bridgehead atoms. The van der Waals surface area contributed by atoms with Crippen molar-refractivity contribution in [2.45, 2.75) is 12.5 Å². The lowest BCUT2D eigenvalue weighted by atomic mass is 10.0. The van der Waals surface area contributed by atoms with Crippen LogP contribution in [0.15, 0.2) is 35.6 Å². The van der Waals surface area contributed by atoms with Crippen LogP contribution in [0, 0.1) is 0 Å². The number of halogens is 3. The summed E-state index contributed by atoms with van der Waals surface area (Å²) in [7, 11) is 0. The molecule has 1 aromatic rings. The van der Waals surface area contributed by atoms with Crippen molar-refractivity contribution in [3.05, 3.63) is 41.2 Å². The SMILES string of the molecule is C=CC[C@@H](c1ccnc(Br)c1)N1CCNCC1.Cl.Cl. The standard InChI is InChI=1S/C13H18BrN3.2ClH/c1-2-3-12(17-8-6-15-7-9-17)11-4-5-16-13(14)10-11;;/h2,4-5,10,12,15H,1,3,6-9H2;2*1H/t12-;;/m0../s1. The first-order valence-corrected chi connectivity index (χ1v) is 6.77. The third kappa shape index (κ3) is 5.40. The van der Waals surface area contributed by atoms with Gasteiger partial charge in [0.25, 0.3) is 0 Å². The molecule has 1 aliphatic heterocycles. The number of rotatable bonds is 4. The molecule has 19 heavy (non-hydrogen) atoms. The van der Waals surface area contributed by atoms with E-state index in [1.807, 2.05) is 12.3 Å². The number of piperazine rings is 1. The van der Waals surface area contributed by atoms with Crippen molar-refractivity contribution in [1.82, 2.24) is 15.2 Å². The Morgan fingerprint density at radius 2 is 2.11 bits per heavy atom. The maximum atomic E-state index is 4.19. The molecule has 1 atom stereocenters. The van der Waals surface area contributed by atoms with E-state index in [-0.39, 0.29) is 24.8 Å². The van der Waals surface area contributed by atoms with Crippen molar-refractivity contribution in [1.29, 1.82) is 0 Å². The first-order valence-electron chi connectivity index (χ1n) is 5.98. The highest BCUT2D eigenvalue weighted by molar-refractivity contribution is 9.10. The zero-order chi connectivity index (χ0) is 12.1. The van der Waals surface area contributed by atoms with Gasteiger partial charge in [-0.05, 0) is 40.0 Å². The molecule has 0 aromatic carbocycles. The van der Waals surface area contributed by atoms with E-state index in [9.17, 15) is 0 Å². The summed E-state index contributed by atoms with van der Waals surface area (Å²) >= 11 is 3.44. The fraction of sp³-hybridized carbons (Fsp3) is 0.462. The Bertz CT molecular complexity index is 384. The first-order chi connectivity index (χ1) is 8.31. The van der Waals surface area contributed by atoms with E-state index in [1.165, 1.54) is 5.56 Å². The van der Waals surface area contributed by atoms with E-state index in [0.29, 0.717) is 6.04 Å². The Kier molecular flexibility index (Phi) is 9.66. The van der Waals surface area contributed by atoms with Gasteiger partial charge in [-0.15, -0.1) is 31.4 Å². The number of nitrogens with one attached hydrogen (secondary N) is 1. The third-order valence-electron chi connectivity index (χ3n) is 3.12. The Labute approximate surface area is 135 Å². The van der Waals surface area contributed by atoms with Crippen LogP contribution in [0.1, 0.15) is 18.0 Å². The summed E-state index contributed by atoms with van der Waals surface area (Å²) in [5.41, 5.74) is 1.31. The van der Waals surface area contributed by atoms with Crippen LogP contribution in [-0.2, 0) is 0 Å². The highest BCUT2D eigenvalue weighted by Gasteiger charge is 2.21. The van der Waals surface area contributed by atoms with Gasteiger partial charge < -0.3 is 5.32 Å². The Morgan fingerprint density at radius 3 is 2.68 bits per heavy atom. The van der Waals surface area contributed by atoms with Crippen LogP contribution in [0.25, 0.3) is 0 Å². The summed E-state index contributed by atoms with van der Waals surface area (Å²) < 4.78 is 0.902. The average molecular weight is 369 g/mol. The fourth-order valence-corrected chi connectivity index (χ4v) is 2.65. The molecule has 0 unspecified atom stereocenters. The minimum atomic E-state index is 0. The molecule has 1 aromatic heterocycles. The van der Waals surface area contributed by atoms with Crippen molar-refractivity contribution in [2.24, 2.45) is 0 Å². The molecule has 1 aliphatic rings. The third-order valence-corrected chi connectivity index (χ3v) is 3.55. The maximum absolute atomic E-state index is 4.19. The average Bonchev–Trinajstić information content (AvgIpc) is 2.37. The van der Waals surface area contributed by atoms with Crippen LogP contribution >= 0.6 is 40.7 Å². The fourth-order valence-electron chi connectivity index (χ4n) is 2.27. The zero-order valence-corrected chi connectivity index (χ0v) is 13.9. The molecule has 108 valence electrons. The second-order valence-electron chi connectivity index (χ2n) is 4.24. The summed E-state index contributed by atoms with van der Waals surface area (Å²) in [6, 6.07) is 4.63.